The Kier molecular flexibility index (Phi) is 5.37. The molecule has 2 aromatic carbocycles. The van der Waals surface area contributed by atoms with E-state index in [2.05, 4.69) is 4.90 Å². The second-order valence-corrected chi connectivity index (χ2v) is 6.60. The summed E-state index contributed by atoms with van der Waals surface area (Å²) in [6.07, 6.45) is 0.257. The summed E-state index contributed by atoms with van der Waals surface area (Å²) in [7, 11) is 1.60. The van der Waals surface area contributed by atoms with E-state index in [0.717, 1.165) is 5.56 Å². The van der Waals surface area contributed by atoms with E-state index in [1.807, 2.05) is 24.3 Å². The molecule has 1 heterocycles. The van der Waals surface area contributed by atoms with Gasteiger partial charge in [0.15, 0.2) is 0 Å². The van der Waals surface area contributed by atoms with Crippen molar-refractivity contribution in [2.45, 2.75) is 24.5 Å². The van der Waals surface area contributed by atoms with Gasteiger partial charge in [0.05, 0.1) is 18.8 Å². The van der Waals surface area contributed by atoms with Crippen LogP contribution in [0.4, 0.5) is 4.39 Å². The number of hydrogen-bond acceptors (Lipinski definition) is 4. The predicted octanol–water partition coefficient (Wildman–Crippen LogP) is 2.85. The second-order valence-electron chi connectivity index (χ2n) is 6.60. The van der Waals surface area contributed by atoms with Gasteiger partial charge in [-0.05, 0) is 36.6 Å². The van der Waals surface area contributed by atoms with Crippen molar-refractivity contribution in [1.29, 1.82) is 0 Å². The van der Waals surface area contributed by atoms with Gasteiger partial charge in [-0.1, -0.05) is 30.3 Å². The van der Waals surface area contributed by atoms with Crippen LogP contribution in [0.5, 0.6) is 5.75 Å². The van der Waals surface area contributed by atoms with Gasteiger partial charge in [-0.15, -0.1) is 0 Å². The Balaban J connectivity index is 1.61. The van der Waals surface area contributed by atoms with Crippen molar-refractivity contribution in [1.82, 2.24) is 4.90 Å². The van der Waals surface area contributed by atoms with Crippen LogP contribution < -0.4 is 4.74 Å². The van der Waals surface area contributed by atoms with Crippen LogP contribution in [-0.2, 0) is 5.60 Å². The fraction of sp³-hybridized carbons (Fsp3) is 0.400. The SMILES string of the molecule is COc1cccc(C(O)CN2CCC(O)(c3ccccc3F)CC2)c1. The molecule has 1 atom stereocenters. The van der Waals surface area contributed by atoms with Gasteiger partial charge in [0.1, 0.15) is 11.6 Å². The summed E-state index contributed by atoms with van der Waals surface area (Å²) in [4.78, 5) is 2.10. The zero-order valence-electron chi connectivity index (χ0n) is 14.4. The van der Waals surface area contributed by atoms with Gasteiger partial charge in [-0.25, -0.2) is 4.39 Å². The number of rotatable bonds is 5. The van der Waals surface area contributed by atoms with Gasteiger partial charge in [0.2, 0.25) is 0 Å². The van der Waals surface area contributed by atoms with Crippen LogP contribution in [0, 0.1) is 5.82 Å². The normalized spacial score (nSPS) is 18.7. The summed E-state index contributed by atoms with van der Waals surface area (Å²) in [6, 6.07) is 13.8. The summed E-state index contributed by atoms with van der Waals surface area (Å²) in [6.45, 7) is 1.68. The summed E-state index contributed by atoms with van der Waals surface area (Å²) in [5.74, 6) is 0.346. The Morgan fingerprint density at radius 3 is 2.56 bits per heavy atom. The number of halogens is 1. The number of aliphatic hydroxyl groups is 2. The molecule has 0 aliphatic carbocycles. The molecule has 0 saturated carbocycles. The minimum Gasteiger partial charge on any atom is -0.497 e. The Labute approximate surface area is 147 Å². The number of methoxy groups -OCH3 is 1. The molecule has 0 bridgehead atoms. The molecular weight excluding hydrogens is 321 g/mol. The van der Waals surface area contributed by atoms with Crippen LogP contribution in [0.3, 0.4) is 0 Å². The highest BCUT2D eigenvalue weighted by molar-refractivity contribution is 5.30. The standard InChI is InChI=1S/C20H24FNO3/c1-25-16-6-4-5-15(13-16)19(23)14-22-11-9-20(24,10-12-22)17-7-2-3-8-18(17)21/h2-8,13,19,23-24H,9-12,14H2,1H3. The zero-order chi connectivity index (χ0) is 17.9. The van der Waals surface area contributed by atoms with Crippen LogP contribution in [0.25, 0.3) is 0 Å². The van der Waals surface area contributed by atoms with E-state index in [1.54, 1.807) is 25.3 Å². The largest absolute Gasteiger partial charge is 0.497 e. The van der Waals surface area contributed by atoms with E-state index in [1.165, 1.54) is 6.07 Å². The Bertz CT molecular complexity index is 714. The fourth-order valence-corrected chi connectivity index (χ4v) is 3.41. The summed E-state index contributed by atoms with van der Waals surface area (Å²) in [5.41, 5.74) is 0.0280. The molecule has 1 fully saturated rings. The van der Waals surface area contributed by atoms with E-state index in [-0.39, 0.29) is 5.82 Å². The lowest BCUT2D eigenvalue weighted by atomic mass is 9.84. The smallest absolute Gasteiger partial charge is 0.129 e. The number of β-amino-alcohol motifs (C(OH)–C–C–N with tert-alkyl or cyclic N) is 1. The predicted molar refractivity (Wildman–Crippen MR) is 93.9 cm³/mol. The van der Waals surface area contributed by atoms with Crippen LogP contribution in [0.1, 0.15) is 30.1 Å². The van der Waals surface area contributed by atoms with Gasteiger partial charge < -0.3 is 19.8 Å². The van der Waals surface area contributed by atoms with E-state index in [0.29, 0.717) is 43.8 Å². The molecule has 0 aromatic heterocycles. The minimum atomic E-state index is -1.14. The average Bonchev–Trinajstić information content (AvgIpc) is 2.64. The lowest BCUT2D eigenvalue weighted by molar-refractivity contribution is -0.0367. The first kappa shape index (κ1) is 17.9. The lowest BCUT2D eigenvalue weighted by Gasteiger charge is -2.39. The number of ether oxygens (including phenoxy) is 1. The van der Waals surface area contributed by atoms with Crippen LogP contribution in [-0.4, -0.2) is 41.9 Å². The summed E-state index contributed by atoms with van der Waals surface area (Å²) in [5, 5.41) is 21.3. The molecular formula is C20H24FNO3. The van der Waals surface area contributed by atoms with Crippen molar-refractivity contribution >= 4 is 0 Å². The maximum Gasteiger partial charge on any atom is 0.129 e. The minimum absolute atomic E-state index is 0.364. The van der Waals surface area contributed by atoms with Crippen LogP contribution in [0.15, 0.2) is 48.5 Å². The maximum atomic E-state index is 14.0. The fourth-order valence-electron chi connectivity index (χ4n) is 3.41. The molecule has 134 valence electrons. The van der Waals surface area contributed by atoms with E-state index < -0.39 is 11.7 Å². The lowest BCUT2D eigenvalue weighted by Crippen LogP contribution is -2.44. The zero-order valence-corrected chi connectivity index (χ0v) is 14.4. The highest BCUT2D eigenvalue weighted by atomic mass is 19.1. The third-order valence-corrected chi connectivity index (χ3v) is 4.97. The number of likely N-dealkylation sites (tertiary alicyclic amines) is 1. The molecule has 5 heteroatoms. The van der Waals surface area contributed by atoms with Crippen LogP contribution >= 0.6 is 0 Å². The third kappa shape index (κ3) is 4.00. The topological polar surface area (TPSA) is 52.9 Å². The molecule has 0 radical (unpaired) electrons. The number of piperidine rings is 1. The van der Waals surface area contributed by atoms with Gasteiger partial charge in [-0.2, -0.15) is 0 Å². The Hall–Kier alpha value is -1.95. The number of hydrogen-bond donors (Lipinski definition) is 2. The van der Waals surface area contributed by atoms with Crippen molar-refractivity contribution in [3.05, 3.63) is 65.5 Å². The number of nitrogens with zero attached hydrogens (tertiary/aromatic N) is 1. The monoisotopic (exact) mass is 345 g/mol. The molecule has 25 heavy (non-hydrogen) atoms. The van der Waals surface area contributed by atoms with Crippen molar-refractivity contribution in [2.24, 2.45) is 0 Å². The third-order valence-electron chi connectivity index (χ3n) is 4.97. The number of aliphatic hydroxyl groups excluding tert-OH is 1. The molecule has 2 aromatic rings. The second kappa shape index (κ2) is 7.52. The molecule has 2 N–H and O–H groups in total. The Morgan fingerprint density at radius 1 is 1.16 bits per heavy atom. The van der Waals surface area contributed by atoms with Gasteiger partial charge in [-0.3, -0.25) is 0 Å². The van der Waals surface area contributed by atoms with E-state index in [4.69, 9.17) is 4.74 Å². The summed E-state index contributed by atoms with van der Waals surface area (Å²) < 4.78 is 19.2. The van der Waals surface area contributed by atoms with Crippen molar-refractivity contribution < 1.29 is 19.3 Å². The molecule has 1 saturated heterocycles. The van der Waals surface area contributed by atoms with E-state index >= 15 is 0 Å². The molecule has 3 rings (SSSR count). The van der Waals surface area contributed by atoms with Gasteiger partial charge in [0, 0.05) is 25.2 Å². The molecule has 0 spiro atoms. The first-order valence-electron chi connectivity index (χ1n) is 8.53. The first-order valence-corrected chi connectivity index (χ1v) is 8.53. The molecule has 0 amide bonds. The quantitative estimate of drug-likeness (QED) is 0.875. The Morgan fingerprint density at radius 2 is 1.88 bits per heavy atom. The van der Waals surface area contributed by atoms with Crippen molar-refractivity contribution in [2.75, 3.05) is 26.7 Å². The average molecular weight is 345 g/mol. The molecule has 1 aliphatic rings. The van der Waals surface area contributed by atoms with Crippen molar-refractivity contribution in [3.8, 4) is 5.75 Å². The number of benzene rings is 2. The van der Waals surface area contributed by atoms with Gasteiger partial charge in [0.25, 0.3) is 0 Å². The first-order chi connectivity index (χ1) is 12.0. The van der Waals surface area contributed by atoms with Crippen molar-refractivity contribution in [3.63, 3.8) is 0 Å². The molecule has 4 nitrogen and oxygen atoms in total. The van der Waals surface area contributed by atoms with Gasteiger partial charge >= 0.3 is 0 Å². The summed E-state index contributed by atoms with van der Waals surface area (Å²) >= 11 is 0. The highest BCUT2D eigenvalue weighted by Gasteiger charge is 2.36. The molecule has 1 unspecified atom stereocenters. The van der Waals surface area contributed by atoms with E-state index in [9.17, 15) is 14.6 Å². The highest BCUT2D eigenvalue weighted by Crippen LogP contribution is 2.34. The molecule has 1 aliphatic heterocycles. The maximum absolute atomic E-state index is 14.0. The van der Waals surface area contributed by atoms with Crippen LogP contribution in [0.2, 0.25) is 0 Å².